The highest BCUT2D eigenvalue weighted by Gasteiger charge is 2.11. The second-order valence-electron chi connectivity index (χ2n) is 7.62. The van der Waals surface area contributed by atoms with E-state index in [1.807, 2.05) is 78.9 Å². The van der Waals surface area contributed by atoms with E-state index in [0.717, 1.165) is 16.7 Å². The maximum absolute atomic E-state index is 11.9. The van der Waals surface area contributed by atoms with Gasteiger partial charge in [0.15, 0.2) is 5.69 Å². The lowest BCUT2D eigenvalue weighted by molar-refractivity contribution is 0.0520. The fourth-order valence-corrected chi connectivity index (χ4v) is 4.30. The van der Waals surface area contributed by atoms with Gasteiger partial charge in [-0.3, -0.25) is 0 Å². The predicted molar refractivity (Wildman–Crippen MR) is 145 cm³/mol. The van der Waals surface area contributed by atoms with E-state index in [1.54, 1.807) is 12.3 Å². The summed E-state index contributed by atoms with van der Waals surface area (Å²) in [6.07, 6.45) is 3.72. The molecule has 0 radical (unpaired) electrons. The van der Waals surface area contributed by atoms with Gasteiger partial charge in [-0.1, -0.05) is 65.7 Å². The highest BCUT2D eigenvalue weighted by Crippen LogP contribution is 2.28. The third-order valence-corrected chi connectivity index (χ3v) is 6.58. The average Bonchev–Trinajstić information content (AvgIpc) is 3.36. The zero-order valence-electron chi connectivity index (χ0n) is 19.4. The number of nitrogens with zero attached hydrogens (tertiary/aromatic N) is 1. The summed E-state index contributed by atoms with van der Waals surface area (Å²) >= 11 is 13.9. The van der Waals surface area contributed by atoms with Gasteiger partial charge in [-0.2, -0.15) is 0 Å². The minimum Gasteiger partial charge on any atom is -0.489 e. The Balaban J connectivity index is 1.55. The minimum absolute atomic E-state index is 0.294. The second kappa shape index (κ2) is 12.6. The predicted octanol–water partition coefficient (Wildman–Crippen LogP) is 7.96. The van der Waals surface area contributed by atoms with Crippen molar-refractivity contribution in [3.63, 3.8) is 0 Å². The van der Waals surface area contributed by atoms with E-state index >= 15 is 0 Å². The van der Waals surface area contributed by atoms with Crippen molar-refractivity contribution in [2.45, 2.75) is 20.1 Å². The SMILES string of the molecule is CCOC(=O)c1csc(C=Cc2cc(OCc3ccccc3Cl)cc(OCc3ccccc3Cl)c2)n1. The maximum atomic E-state index is 11.9. The minimum atomic E-state index is -0.432. The van der Waals surface area contributed by atoms with E-state index < -0.39 is 5.97 Å². The Labute approximate surface area is 223 Å². The van der Waals surface area contributed by atoms with Crippen LogP contribution < -0.4 is 9.47 Å². The molecule has 4 rings (SSSR count). The van der Waals surface area contributed by atoms with Crippen molar-refractivity contribution in [3.05, 3.63) is 110 Å². The van der Waals surface area contributed by atoms with Gasteiger partial charge in [0.1, 0.15) is 29.7 Å². The Bertz CT molecular complexity index is 1300. The molecule has 1 aromatic heterocycles. The largest absolute Gasteiger partial charge is 0.489 e. The second-order valence-corrected chi connectivity index (χ2v) is 9.33. The molecule has 36 heavy (non-hydrogen) atoms. The first-order chi connectivity index (χ1) is 17.5. The topological polar surface area (TPSA) is 57.7 Å². The number of rotatable bonds is 10. The molecular weight excluding hydrogens is 517 g/mol. The summed E-state index contributed by atoms with van der Waals surface area (Å²) in [5.74, 6) is 0.814. The first-order valence-electron chi connectivity index (χ1n) is 11.2. The monoisotopic (exact) mass is 539 g/mol. The van der Waals surface area contributed by atoms with Crippen molar-refractivity contribution in [1.29, 1.82) is 0 Å². The molecule has 1 heterocycles. The number of carbonyl (C=O) groups is 1. The van der Waals surface area contributed by atoms with Gasteiger partial charge in [-0.25, -0.2) is 9.78 Å². The normalized spacial score (nSPS) is 11.0. The van der Waals surface area contributed by atoms with Crippen LogP contribution in [0.4, 0.5) is 0 Å². The maximum Gasteiger partial charge on any atom is 0.357 e. The standard InChI is InChI=1S/C28H23Cl2NO4S/c1-2-33-28(32)26-18-36-27(31-26)12-11-19-13-22(34-16-20-7-3-5-9-24(20)29)15-23(14-19)35-17-21-8-4-6-10-25(21)30/h3-15,18H,2,16-17H2,1H3. The number of thiazole rings is 1. The molecule has 8 heteroatoms. The Kier molecular flexibility index (Phi) is 9.01. The summed E-state index contributed by atoms with van der Waals surface area (Å²) in [6.45, 7) is 2.69. The number of hydrogen-bond acceptors (Lipinski definition) is 6. The Morgan fingerprint density at radius 3 is 2.03 bits per heavy atom. The molecule has 0 saturated heterocycles. The van der Waals surface area contributed by atoms with Crippen LogP contribution in [0.25, 0.3) is 12.2 Å². The van der Waals surface area contributed by atoms with Crippen LogP contribution in [0.1, 0.15) is 39.1 Å². The van der Waals surface area contributed by atoms with Gasteiger partial charge >= 0.3 is 5.97 Å². The molecule has 0 bridgehead atoms. The molecule has 0 aliphatic heterocycles. The number of esters is 1. The molecule has 0 fully saturated rings. The van der Waals surface area contributed by atoms with Gasteiger partial charge in [0.05, 0.1) is 6.61 Å². The van der Waals surface area contributed by atoms with Crippen molar-refractivity contribution in [2.24, 2.45) is 0 Å². The number of halogens is 2. The van der Waals surface area contributed by atoms with Crippen LogP contribution in [0.15, 0.2) is 72.1 Å². The van der Waals surface area contributed by atoms with E-state index in [1.165, 1.54) is 11.3 Å². The number of ether oxygens (including phenoxy) is 3. The van der Waals surface area contributed by atoms with E-state index in [4.69, 9.17) is 37.4 Å². The fourth-order valence-electron chi connectivity index (χ4n) is 3.24. The van der Waals surface area contributed by atoms with Crippen LogP contribution in [-0.2, 0) is 18.0 Å². The highest BCUT2D eigenvalue weighted by atomic mass is 35.5. The molecule has 5 nitrogen and oxygen atoms in total. The summed E-state index contributed by atoms with van der Waals surface area (Å²) < 4.78 is 17.1. The van der Waals surface area contributed by atoms with Crippen LogP contribution in [0.5, 0.6) is 11.5 Å². The molecule has 0 aliphatic rings. The average molecular weight is 540 g/mol. The molecule has 4 aromatic rings. The number of carbonyl (C=O) groups excluding carboxylic acids is 1. The van der Waals surface area contributed by atoms with Gasteiger partial charge in [0, 0.05) is 32.6 Å². The summed E-state index contributed by atoms with van der Waals surface area (Å²) in [5, 5.41) is 3.65. The lowest BCUT2D eigenvalue weighted by Gasteiger charge is -2.12. The summed E-state index contributed by atoms with van der Waals surface area (Å²) in [6, 6.07) is 20.7. The molecule has 0 amide bonds. The van der Waals surface area contributed by atoms with Gasteiger partial charge in [0.2, 0.25) is 0 Å². The van der Waals surface area contributed by atoms with E-state index in [2.05, 4.69) is 4.98 Å². The summed E-state index contributed by atoms with van der Waals surface area (Å²) in [4.78, 5) is 16.2. The van der Waals surface area contributed by atoms with Crippen molar-refractivity contribution in [2.75, 3.05) is 6.61 Å². The van der Waals surface area contributed by atoms with Crippen LogP contribution in [0.2, 0.25) is 10.0 Å². The Morgan fingerprint density at radius 1 is 0.889 bits per heavy atom. The molecule has 0 unspecified atom stereocenters. The van der Waals surface area contributed by atoms with Gasteiger partial charge in [-0.05, 0) is 42.8 Å². The Morgan fingerprint density at radius 2 is 1.47 bits per heavy atom. The lowest BCUT2D eigenvalue weighted by atomic mass is 10.1. The molecule has 184 valence electrons. The number of hydrogen-bond donors (Lipinski definition) is 0. The molecule has 0 N–H and O–H groups in total. The zero-order chi connectivity index (χ0) is 25.3. The van der Waals surface area contributed by atoms with Crippen LogP contribution in [0, 0.1) is 0 Å². The molecular formula is C28H23Cl2NO4S. The zero-order valence-corrected chi connectivity index (χ0v) is 21.8. The molecule has 0 spiro atoms. The quantitative estimate of drug-likeness (QED) is 0.191. The molecule has 0 saturated carbocycles. The summed E-state index contributed by atoms with van der Waals surface area (Å²) in [7, 11) is 0. The van der Waals surface area contributed by atoms with E-state index in [-0.39, 0.29) is 0 Å². The smallest absolute Gasteiger partial charge is 0.357 e. The third kappa shape index (κ3) is 7.10. The fraction of sp³-hybridized carbons (Fsp3) is 0.143. The van der Waals surface area contributed by atoms with E-state index in [9.17, 15) is 4.79 Å². The van der Waals surface area contributed by atoms with Crippen molar-refractivity contribution in [3.8, 4) is 11.5 Å². The first kappa shape index (κ1) is 25.8. The lowest BCUT2D eigenvalue weighted by Crippen LogP contribution is -2.04. The molecule has 3 aromatic carbocycles. The van der Waals surface area contributed by atoms with Gasteiger partial charge in [0.25, 0.3) is 0 Å². The van der Waals surface area contributed by atoms with Gasteiger partial charge in [-0.15, -0.1) is 11.3 Å². The van der Waals surface area contributed by atoms with Gasteiger partial charge < -0.3 is 14.2 Å². The van der Waals surface area contributed by atoms with Crippen molar-refractivity contribution >= 4 is 52.7 Å². The first-order valence-corrected chi connectivity index (χ1v) is 12.8. The molecule has 0 aliphatic carbocycles. The number of aromatic nitrogens is 1. The van der Waals surface area contributed by atoms with Crippen molar-refractivity contribution < 1.29 is 19.0 Å². The van der Waals surface area contributed by atoms with Crippen molar-refractivity contribution in [1.82, 2.24) is 4.98 Å². The summed E-state index contributed by atoms with van der Waals surface area (Å²) in [5.41, 5.74) is 2.90. The van der Waals surface area contributed by atoms with Crippen LogP contribution in [-0.4, -0.2) is 17.6 Å². The van der Waals surface area contributed by atoms with E-state index in [0.29, 0.717) is 52.1 Å². The van der Waals surface area contributed by atoms with Crippen LogP contribution >= 0.6 is 34.5 Å². The molecule has 0 atom stereocenters. The highest BCUT2D eigenvalue weighted by molar-refractivity contribution is 7.10. The third-order valence-electron chi connectivity index (χ3n) is 5.03. The number of benzene rings is 3. The Hall–Kier alpha value is -3.32. The van der Waals surface area contributed by atoms with Crippen LogP contribution in [0.3, 0.4) is 0 Å².